The van der Waals surface area contributed by atoms with Gasteiger partial charge in [0.2, 0.25) is 0 Å². The summed E-state index contributed by atoms with van der Waals surface area (Å²) in [7, 11) is 0. The number of aliphatic hydroxyl groups is 1. The van der Waals surface area contributed by atoms with Crippen molar-refractivity contribution >= 4 is 29.1 Å². The lowest BCUT2D eigenvalue weighted by Crippen LogP contribution is -2.31. The van der Waals surface area contributed by atoms with Crippen molar-refractivity contribution in [2.75, 3.05) is 6.61 Å². The Morgan fingerprint density at radius 1 is 1.25 bits per heavy atom. The van der Waals surface area contributed by atoms with Crippen molar-refractivity contribution in [3.63, 3.8) is 0 Å². The molecule has 0 aliphatic heterocycles. The van der Waals surface area contributed by atoms with E-state index in [-0.39, 0.29) is 22.5 Å². The highest BCUT2D eigenvalue weighted by Crippen LogP contribution is 2.18. The van der Waals surface area contributed by atoms with Crippen LogP contribution in [0.2, 0.25) is 10.3 Å². The van der Waals surface area contributed by atoms with Gasteiger partial charge >= 0.3 is 0 Å². The second-order valence-electron chi connectivity index (χ2n) is 3.99. The molecule has 1 aromatic carbocycles. The molecule has 0 bridgehead atoms. The van der Waals surface area contributed by atoms with Crippen LogP contribution in [0.15, 0.2) is 36.4 Å². The monoisotopic (exact) mass is 311 g/mol. The summed E-state index contributed by atoms with van der Waals surface area (Å²) < 4.78 is 0. The van der Waals surface area contributed by atoms with Crippen molar-refractivity contribution < 1.29 is 9.90 Å². The standard InChI is InChI=1S/C13H11Cl2N3O2/c14-11-6-9(12(15)18-17-11)13(20)16-10(7-19)8-4-2-1-3-5-8/h1-6,10,19H,7H2,(H,16,20). The second-order valence-corrected chi connectivity index (χ2v) is 4.74. The number of aliphatic hydroxyl groups excluding tert-OH is 1. The van der Waals surface area contributed by atoms with Crippen molar-refractivity contribution in [3.05, 3.63) is 57.8 Å². The topological polar surface area (TPSA) is 75.1 Å². The Labute approximate surface area is 125 Å². The Balaban J connectivity index is 2.20. The number of halogens is 2. The molecule has 1 atom stereocenters. The summed E-state index contributed by atoms with van der Waals surface area (Å²) >= 11 is 11.5. The number of carbonyl (C=O) groups excluding carboxylic acids is 1. The lowest BCUT2D eigenvalue weighted by molar-refractivity contribution is 0.0916. The summed E-state index contributed by atoms with van der Waals surface area (Å²) in [5.74, 6) is -0.477. The van der Waals surface area contributed by atoms with E-state index < -0.39 is 11.9 Å². The van der Waals surface area contributed by atoms with Gasteiger partial charge in [-0.25, -0.2) is 0 Å². The maximum atomic E-state index is 12.1. The predicted octanol–water partition coefficient (Wildman–Crippen LogP) is 2.25. The van der Waals surface area contributed by atoms with Crippen molar-refractivity contribution in [2.45, 2.75) is 6.04 Å². The van der Waals surface area contributed by atoms with Gasteiger partial charge in [-0.1, -0.05) is 53.5 Å². The van der Waals surface area contributed by atoms with Gasteiger partial charge in [-0.3, -0.25) is 4.79 Å². The first-order valence-electron chi connectivity index (χ1n) is 5.77. The van der Waals surface area contributed by atoms with Gasteiger partial charge in [-0.15, -0.1) is 10.2 Å². The third-order valence-corrected chi connectivity index (χ3v) is 3.12. The van der Waals surface area contributed by atoms with Gasteiger partial charge in [0, 0.05) is 0 Å². The molecule has 0 saturated carbocycles. The van der Waals surface area contributed by atoms with Gasteiger partial charge < -0.3 is 10.4 Å². The maximum Gasteiger partial charge on any atom is 0.255 e. The van der Waals surface area contributed by atoms with Crippen molar-refractivity contribution in [3.8, 4) is 0 Å². The van der Waals surface area contributed by atoms with Crippen molar-refractivity contribution in [2.24, 2.45) is 0 Å². The zero-order valence-electron chi connectivity index (χ0n) is 10.3. The van der Waals surface area contributed by atoms with Crippen molar-refractivity contribution in [1.29, 1.82) is 0 Å². The maximum absolute atomic E-state index is 12.1. The van der Waals surface area contributed by atoms with E-state index in [0.717, 1.165) is 5.56 Å². The third kappa shape index (κ3) is 3.45. The predicted molar refractivity (Wildman–Crippen MR) is 75.8 cm³/mol. The Morgan fingerprint density at radius 2 is 1.95 bits per heavy atom. The lowest BCUT2D eigenvalue weighted by atomic mass is 10.1. The lowest BCUT2D eigenvalue weighted by Gasteiger charge is -2.16. The summed E-state index contributed by atoms with van der Waals surface area (Å²) in [6.07, 6.45) is 0. The van der Waals surface area contributed by atoms with E-state index >= 15 is 0 Å². The number of hydrogen-bond acceptors (Lipinski definition) is 4. The van der Waals surface area contributed by atoms with Crippen LogP contribution in [-0.4, -0.2) is 27.8 Å². The smallest absolute Gasteiger partial charge is 0.255 e. The average molecular weight is 312 g/mol. The van der Waals surface area contributed by atoms with Crippen LogP contribution in [0.5, 0.6) is 0 Å². The molecular formula is C13H11Cl2N3O2. The molecule has 0 spiro atoms. The van der Waals surface area contributed by atoms with Crippen LogP contribution in [-0.2, 0) is 0 Å². The molecular weight excluding hydrogens is 301 g/mol. The average Bonchev–Trinajstić information content (AvgIpc) is 2.48. The minimum Gasteiger partial charge on any atom is -0.394 e. The largest absolute Gasteiger partial charge is 0.394 e. The molecule has 0 fully saturated rings. The van der Waals surface area contributed by atoms with Crippen LogP contribution in [0.25, 0.3) is 0 Å². The molecule has 0 aliphatic carbocycles. The number of carbonyl (C=O) groups is 1. The molecule has 1 heterocycles. The Morgan fingerprint density at radius 3 is 2.60 bits per heavy atom. The van der Waals surface area contributed by atoms with Crippen LogP contribution in [0.3, 0.4) is 0 Å². The zero-order chi connectivity index (χ0) is 14.5. The number of hydrogen-bond donors (Lipinski definition) is 2. The van der Waals surface area contributed by atoms with Crippen LogP contribution in [0, 0.1) is 0 Å². The van der Waals surface area contributed by atoms with E-state index in [1.807, 2.05) is 18.2 Å². The highest BCUT2D eigenvalue weighted by atomic mass is 35.5. The summed E-state index contributed by atoms with van der Waals surface area (Å²) in [4.78, 5) is 12.1. The molecule has 0 aliphatic rings. The molecule has 2 rings (SSSR count). The molecule has 104 valence electrons. The molecule has 7 heteroatoms. The Kier molecular flexibility index (Phi) is 4.89. The van der Waals surface area contributed by atoms with E-state index in [1.165, 1.54) is 6.07 Å². The summed E-state index contributed by atoms with van der Waals surface area (Å²) in [5, 5.41) is 19.2. The highest BCUT2D eigenvalue weighted by Gasteiger charge is 2.18. The molecule has 5 nitrogen and oxygen atoms in total. The zero-order valence-corrected chi connectivity index (χ0v) is 11.8. The second kappa shape index (κ2) is 6.65. The molecule has 0 saturated heterocycles. The first kappa shape index (κ1) is 14.7. The van der Waals surface area contributed by atoms with Gasteiger partial charge in [0.1, 0.15) is 0 Å². The fourth-order valence-electron chi connectivity index (χ4n) is 1.67. The van der Waals surface area contributed by atoms with Gasteiger partial charge in [0.05, 0.1) is 18.2 Å². The van der Waals surface area contributed by atoms with E-state index in [1.54, 1.807) is 12.1 Å². The molecule has 1 unspecified atom stereocenters. The summed E-state index contributed by atoms with van der Waals surface area (Å²) in [5.41, 5.74) is 0.897. The highest BCUT2D eigenvalue weighted by molar-refractivity contribution is 6.34. The van der Waals surface area contributed by atoms with Crippen molar-refractivity contribution in [1.82, 2.24) is 15.5 Å². The number of amides is 1. The van der Waals surface area contributed by atoms with E-state index in [9.17, 15) is 9.90 Å². The minimum atomic E-state index is -0.535. The summed E-state index contributed by atoms with van der Waals surface area (Å²) in [6, 6.07) is 9.90. The third-order valence-electron chi connectivity index (χ3n) is 2.65. The van der Waals surface area contributed by atoms with Crippen LogP contribution in [0.1, 0.15) is 22.0 Å². The van der Waals surface area contributed by atoms with Crippen LogP contribution < -0.4 is 5.32 Å². The first-order chi connectivity index (χ1) is 9.61. The van der Waals surface area contributed by atoms with E-state index in [0.29, 0.717) is 0 Å². The Bertz CT molecular complexity index is 608. The number of aromatic nitrogens is 2. The fraction of sp³-hybridized carbons (Fsp3) is 0.154. The normalized spacial score (nSPS) is 11.9. The first-order valence-corrected chi connectivity index (χ1v) is 6.53. The summed E-state index contributed by atoms with van der Waals surface area (Å²) in [6.45, 7) is -0.236. The molecule has 2 aromatic rings. The molecule has 2 N–H and O–H groups in total. The molecule has 0 radical (unpaired) electrons. The number of nitrogens with one attached hydrogen (secondary N) is 1. The molecule has 1 aromatic heterocycles. The quantitative estimate of drug-likeness (QED) is 0.908. The number of nitrogens with zero attached hydrogens (tertiary/aromatic N) is 2. The number of benzene rings is 1. The fourth-order valence-corrected chi connectivity index (χ4v) is 1.99. The SMILES string of the molecule is O=C(NC(CO)c1ccccc1)c1cc(Cl)nnc1Cl. The van der Waals surface area contributed by atoms with E-state index in [2.05, 4.69) is 15.5 Å². The van der Waals surface area contributed by atoms with Gasteiger partial charge in [0.25, 0.3) is 5.91 Å². The minimum absolute atomic E-state index is 0.0448. The number of rotatable bonds is 4. The van der Waals surface area contributed by atoms with Crippen LogP contribution in [0.4, 0.5) is 0 Å². The van der Waals surface area contributed by atoms with Gasteiger partial charge in [0.15, 0.2) is 10.3 Å². The van der Waals surface area contributed by atoms with E-state index in [4.69, 9.17) is 23.2 Å². The Hall–Kier alpha value is -1.69. The van der Waals surface area contributed by atoms with Gasteiger partial charge in [-0.05, 0) is 11.6 Å². The molecule has 1 amide bonds. The van der Waals surface area contributed by atoms with Crippen LogP contribution >= 0.6 is 23.2 Å². The van der Waals surface area contributed by atoms with Gasteiger partial charge in [-0.2, -0.15) is 0 Å². The molecule has 20 heavy (non-hydrogen) atoms.